The molecule has 2 amide bonds. The van der Waals surface area contributed by atoms with E-state index in [2.05, 4.69) is 0 Å². The first-order valence-corrected chi connectivity index (χ1v) is 5.98. The highest BCUT2D eigenvalue weighted by Gasteiger charge is 2.41. The summed E-state index contributed by atoms with van der Waals surface area (Å²) in [4.78, 5) is 29.4. The Kier molecular flexibility index (Phi) is 2.65. The fourth-order valence-electron chi connectivity index (χ4n) is 2.13. The number of hydrogen-bond acceptors (Lipinski definition) is 4. The first kappa shape index (κ1) is 11.4. The number of hydrogen-bond donors (Lipinski definition) is 1. The Balaban J connectivity index is 1.83. The summed E-state index contributed by atoms with van der Waals surface area (Å²) in [6.07, 6.45) is 1.47. The third-order valence-electron chi connectivity index (χ3n) is 3.33. The maximum atomic E-state index is 12.0. The van der Waals surface area contributed by atoms with Crippen LogP contribution < -0.4 is 0 Å². The van der Waals surface area contributed by atoms with Crippen LogP contribution in [0.15, 0.2) is 24.3 Å². The summed E-state index contributed by atoms with van der Waals surface area (Å²) in [6.45, 7) is -0.182. The monoisotopic (exact) mass is 247 g/mol. The predicted molar refractivity (Wildman–Crippen MR) is 61.6 cm³/mol. The molecule has 0 bridgehead atoms. The summed E-state index contributed by atoms with van der Waals surface area (Å²) in [7, 11) is 0. The standard InChI is InChI=1S/C13H13NO4/c15-7-11(8-5-6-8)18-14-12(16)9-3-1-2-4-10(9)13(14)17/h1-4,8,11,15H,5-7H2. The highest BCUT2D eigenvalue weighted by atomic mass is 16.7. The molecule has 1 aliphatic heterocycles. The van der Waals surface area contributed by atoms with E-state index in [1.54, 1.807) is 24.3 Å². The second-order valence-corrected chi connectivity index (χ2v) is 4.61. The molecule has 94 valence electrons. The van der Waals surface area contributed by atoms with Gasteiger partial charge in [0, 0.05) is 0 Å². The van der Waals surface area contributed by atoms with E-state index in [0.29, 0.717) is 11.1 Å². The highest BCUT2D eigenvalue weighted by Crippen LogP contribution is 2.35. The van der Waals surface area contributed by atoms with Crippen molar-refractivity contribution in [1.82, 2.24) is 5.06 Å². The van der Waals surface area contributed by atoms with Crippen LogP contribution in [0, 0.1) is 5.92 Å². The Labute approximate surface area is 104 Å². The van der Waals surface area contributed by atoms with Crippen molar-refractivity contribution >= 4 is 11.8 Å². The minimum absolute atomic E-state index is 0.182. The van der Waals surface area contributed by atoms with E-state index in [1.807, 2.05) is 0 Å². The highest BCUT2D eigenvalue weighted by molar-refractivity contribution is 6.20. The first-order valence-electron chi connectivity index (χ1n) is 5.98. The second kappa shape index (κ2) is 4.19. The average Bonchev–Trinajstić information content (AvgIpc) is 3.20. The number of nitrogens with zero attached hydrogens (tertiary/aromatic N) is 1. The molecule has 1 aromatic rings. The number of rotatable bonds is 4. The van der Waals surface area contributed by atoms with Gasteiger partial charge in [-0.2, -0.15) is 0 Å². The minimum atomic E-state index is -0.466. The van der Waals surface area contributed by atoms with Crippen LogP contribution in [0.1, 0.15) is 33.6 Å². The Morgan fingerprint density at radius 1 is 1.22 bits per heavy atom. The molecule has 0 spiro atoms. The molecule has 1 fully saturated rings. The molecule has 1 saturated carbocycles. The molecule has 1 unspecified atom stereocenters. The molecule has 0 aromatic heterocycles. The van der Waals surface area contributed by atoms with E-state index in [-0.39, 0.29) is 12.5 Å². The minimum Gasteiger partial charge on any atom is -0.394 e. The van der Waals surface area contributed by atoms with Gasteiger partial charge in [0.1, 0.15) is 6.10 Å². The molecular weight excluding hydrogens is 234 g/mol. The van der Waals surface area contributed by atoms with E-state index in [0.717, 1.165) is 17.9 Å². The SMILES string of the molecule is O=C1c2ccccc2C(=O)N1OC(CO)C1CC1. The van der Waals surface area contributed by atoms with Crippen LogP contribution in [-0.4, -0.2) is 34.7 Å². The van der Waals surface area contributed by atoms with Crippen LogP contribution in [0.5, 0.6) is 0 Å². The maximum Gasteiger partial charge on any atom is 0.285 e. The van der Waals surface area contributed by atoms with Gasteiger partial charge in [-0.1, -0.05) is 12.1 Å². The van der Waals surface area contributed by atoms with Crippen molar-refractivity contribution < 1.29 is 19.5 Å². The van der Waals surface area contributed by atoms with Gasteiger partial charge in [0.05, 0.1) is 17.7 Å². The number of carbonyl (C=O) groups is 2. The zero-order valence-corrected chi connectivity index (χ0v) is 9.70. The van der Waals surface area contributed by atoms with Gasteiger partial charge >= 0.3 is 0 Å². The lowest BCUT2D eigenvalue weighted by Crippen LogP contribution is -2.37. The van der Waals surface area contributed by atoms with E-state index in [1.165, 1.54) is 0 Å². The number of aliphatic hydroxyl groups excluding tert-OH is 1. The lowest BCUT2D eigenvalue weighted by molar-refractivity contribution is -0.150. The molecule has 0 saturated heterocycles. The Bertz CT molecular complexity index is 474. The van der Waals surface area contributed by atoms with Gasteiger partial charge in [-0.25, -0.2) is 0 Å². The average molecular weight is 247 g/mol. The van der Waals surface area contributed by atoms with Crippen molar-refractivity contribution in [2.24, 2.45) is 5.92 Å². The van der Waals surface area contributed by atoms with Crippen molar-refractivity contribution in [3.05, 3.63) is 35.4 Å². The molecule has 2 aliphatic rings. The van der Waals surface area contributed by atoms with E-state index >= 15 is 0 Å². The van der Waals surface area contributed by atoms with E-state index < -0.39 is 17.9 Å². The fourth-order valence-corrected chi connectivity index (χ4v) is 2.13. The van der Waals surface area contributed by atoms with Crippen LogP contribution in [0.3, 0.4) is 0 Å². The number of fused-ring (bicyclic) bond motifs is 1. The van der Waals surface area contributed by atoms with Crippen LogP contribution in [0.25, 0.3) is 0 Å². The summed E-state index contributed by atoms with van der Waals surface area (Å²) in [5.74, 6) is -0.649. The van der Waals surface area contributed by atoms with Crippen LogP contribution in [0.2, 0.25) is 0 Å². The molecule has 5 nitrogen and oxygen atoms in total. The first-order chi connectivity index (χ1) is 8.72. The maximum absolute atomic E-state index is 12.0. The van der Waals surface area contributed by atoms with Gasteiger partial charge in [-0.3, -0.25) is 14.4 Å². The number of amides is 2. The predicted octanol–water partition coefficient (Wildman–Crippen LogP) is 0.985. The van der Waals surface area contributed by atoms with Gasteiger partial charge in [0.25, 0.3) is 11.8 Å². The third kappa shape index (κ3) is 1.72. The molecule has 1 N–H and O–H groups in total. The molecule has 1 aliphatic carbocycles. The number of carbonyl (C=O) groups excluding carboxylic acids is 2. The van der Waals surface area contributed by atoms with Gasteiger partial charge in [0.2, 0.25) is 0 Å². The molecular formula is C13H13NO4. The Hall–Kier alpha value is -1.72. The smallest absolute Gasteiger partial charge is 0.285 e. The fraction of sp³-hybridized carbons (Fsp3) is 0.385. The molecule has 1 aromatic carbocycles. The van der Waals surface area contributed by atoms with Crippen molar-refractivity contribution in [3.8, 4) is 0 Å². The summed E-state index contributed by atoms with van der Waals surface area (Å²) in [5.41, 5.74) is 0.713. The van der Waals surface area contributed by atoms with Gasteiger partial charge < -0.3 is 5.11 Å². The van der Waals surface area contributed by atoms with Gasteiger partial charge in [-0.05, 0) is 30.9 Å². The summed E-state index contributed by atoms with van der Waals surface area (Å²) < 4.78 is 0. The molecule has 5 heteroatoms. The number of imide groups is 1. The zero-order valence-electron chi connectivity index (χ0n) is 9.70. The topological polar surface area (TPSA) is 66.8 Å². The van der Waals surface area contributed by atoms with Crippen molar-refractivity contribution in [2.45, 2.75) is 18.9 Å². The molecule has 1 atom stereocenters. The number of benzene rings is 1. The largest absolute Gasteiger partial charge is 0.394 e. The number of aliphatic hydroxyl groups is 1. The van der Waals surface area contributed by atoms with Crippen LogP contribution >= 0.6 is 0 Å². The molecule has 0 radical (unpaired) electrons. The van der Waals surface area contributed by atoms with Crippen molar-refractivity contribution in [2.75, 3.05) is 6.61 Å². The number of hydroxylamine groups is 2. The summed E-state index contributed by atoms with van der Waals surface area (Å²) in [6, 6.07) is 6.61. The lowest BCUT2D eigenvalue weighted by atomic mass is 10.1. The molecule has 3 rings (SSSR count). The molecule has 1 heterocycles. The summed E-state index contributed by atoms with van der Waals surface area (Å²) in [5, 5.41) is 9.99. The quantitative estimate of drug-likeness (QED) is 0.805. The third-order valence-corrected chi connectivity index (χ3v) is 3.33. The Morgan fingerprint density at radius 2 is 1.78 bits per heavy atom. The lowest BCUT2D eigenvalue weighted by Gasteiger charge is -2.20. The van der Waals surface area contributed by atoms with E-state index in [9.17, 15) is 14.7 Å². The van der Waals surface area contributed by atoms with Gasteiger partial charge in [0.15, 0.2) is 0 Å². The zero-order chi connectivity index (χ0) is 12.7. The Morgan fingerprint density at radius 3 is 2.22 bits per heavy atom. The van der Waals surface area contributed by atoms with E-state index in [4.69, 9.17) is 4.84 Å². The normalized spacial score (nSPS) is 20.2. The van der Waals surface area contributed by atoms with Crippen LogP contribution in [0.4, 0.5) is 0 Å². The van der Waals surface area contributed by atoms with Gasteiger partial charge in [-0.15, -0.1) is 5.06 Å². The van der Waals surface area contributed by atoms with Crippen LogP contribution in [-0.2, 0) is 4.84 Å². The summed E-state index contributed by atoms with van der Waals surface area (Å²) >= 11 is 0. The molecule has 18 heavy (non-hydrogen) atoms. The second-order valence-electron chi connectivity index (χ2n) is 4.61. The van der Waals surface area contributed by atoms with Crippen molar-refractivity contribution in [1.29, 1.82) is 0 Å². The van der Waals surface area contributed by atoms with Crippen molar-refractivity contribution in [3.63, 3.8) is 0 Å².